The Morgan fingerprint density at radius 3 is 2.94 bits per heavy atom. The van der Waals surface area contributed by atoms with Crippen LogP contribution in [0.4, 0.5) is 0 Å². The van der Waals surface area contributed by atoms with Gasteiger partial charge in [-0.1, -0.05) is 0 Å². The highest BCUT2D eigenvalue weighted by Crippen LogP contribution is 2.02. The Kier molecular flexibility index (Phi) is 5.22. The number of carbonyl (C=O) groups excluding carboxylic acids is 1. The Morgan fingerprint density at radius 2 is 2.29 bits per heavy atom. The van der Waals surface area contributed by atoms with Gasteiger partial charge in [-0.05, 0) is 18.6 Å². The van der Waals surface area contributed by atoms with Crippen molar-refractivity contribution < 1.29 is 19.4 Å². The predicted octanol–water partition coefficient (Wildman–Crippen LogP) is 0.339. The van der Waals surface area contributed by atoms with Gasteiger partial charge in [-0.2, -0.15) is 0 Å². The van der Waals surface area contributed by atoms with E-state index in [-0.39, 0.29) is 12.5 Å². The van der Waals surface area contributed by atoms with Crippen molar-refractivity contribution in [3.05, 3.63) is 24.0 Å². The summed E-state index contributed by atoms with van der Waals surface area (Å²) in [4.78, 5) is 22.3. The van der Waals surface area contributed by atoms with Gasteiger partial charge in [0.1, 0.15) is 12.2 Å². The lowest BCUT2D eigenvalue weighted by atomic mass is 10.3. The first-order chi connectivity index (χ1) is 8.15. The van der Waals surface area contributed by atoms with Crippen molar-refractivity contribution in [3.63, 3.8) is 0 Å². The van der Waals surface area contributed by atoms with Gasteiger partial charge in [0.15, 0.2) is 0 Å². The van der Waals surface area contributed by atoms with Crippen molar-refractivity contribution in [2.24, 2.45) is 0 Å². The summed E-state index contributed by atoms with van der Waals surface area (Å²) in [5, 5.41) is 11.4. The van der Waals surface area contributed by atoms with Gasteiger partial charge in [0, 0.05) is 26.5 Å². The van der Waals surface area contributed by atoms with Gasteiger partial charge >= 0.3 is 5.97 Å². The summed E-state index contributed by atoms with van der Waals surface area (Å²) in [6, 6.07) is 3.24. The SMILES string of the molecule is COCCCNC(=O)c1cccn1CC(=O)O. The van der Waals surface area contributed by atoms with Crippen LogP contribution >= 0.6 is 0 Å². The molecule has 94 valence electrons. The Labute approximate surface area is 99.2 Å². The Bertz CT molecular complexity index is 387. The minimum absolute atomic E-state index is 0.214. The van der Waals surface area contributed by atoms with E-state index in [0.717, 1.165) is 6.42 Å². The number of rotatable bonds is 7. The minimum Gasteiger partial charge on any atom is -0.480 e. The molecule has 1 aromatic heterocycles. The largest absolute Gasteiger partial charge is 0.480 e. The molecule has 1 amide bonds. The number of aliphatic carboxylic acids is 1. The van der Waals surface area contributed by atoms with E-state index >= 15 is 0 Å². The summed E-state index contributed by atoms with van der Waals surface area (Å²) < 4.78 is 6.25. The number of carbonyl (C=O) groups is 2. The summed E-state index contributed by atoms with van der Waals surface area (Å²) >= 11 is 0. The van der Waals surface area contributed by atoms with Gasteiger partial charge in [-0.15, -0.1) is 0 Å². The number of hydrogen-bond acceptors (Lipinski definition) is 3. The zero-order valence-corrected chi connectivity index (χ0v) is 9.68. The first-order valence-corrected chi connectivity index (χ1v) is 5.29. The molecule has 0 aliphatic carbocycles. The molecule has 6 nitrogen and oxygen atoms in total. The molecule has 6 heteroatoms. The van der Waals surface area contributed by atoms with Gasteiger partial charge in [-0.3, -0.25) is 9.59 Å². The summed E-state index contributed by atoms with van der Waals surface area (Å²) in [7, 11) is 1.60. The molecule has 0 saturated heterocycles. The highest BCUT2D eigenvalue weighted by Gasteiger charge is 2.11. The third-order valence-corrected chi connectivity index (χ3v) is 2.18. The lowest BCUT2D eigenvalue weighted by molar-refractivity contribution is -0.137. The standard InChI is InChI=1S/C11H16N2O4/c1-17-7-3-5-12-11(16)9-4-2-6-13(9)8-10(14)15/h2,4,6H,3,5,7-8H2,1H3,(H,12,16)(H,14,15). The average molecular weight is 240 g/mol. The van der Waals surface area contributed by atoms with Crippen LogP contribution < -0.4 is 5.32 Å². The monoisotopic (exact) mass is 240 g/mol. The first-order valence-electron chi connectivity index (χ1n) is 5.29. The fourth-order valence-corrected chi connectivity index (χ4v) is 1.41. The van der Waals surface area contributed by atoms with E-state index in [0.29, 0.717) is 18.8 Å². The molecule has 1 heterocycles. The van der Waals surface area contributed by atoms with Crippen LogP contribution in [0.5, 0.6) is 0 Å². The second-order valence-corrected chi connectivity index (χ2v) is 3.52. The number of nitrogens with zero attached hydrogens (tertiary/aromatic N) is 1. The molecule has 0 aliphatic heterocycles. The molecule has 1 aromatic rings. The molecule has 0 spiro atoms. The summed E-state index contributed by atoms with van der Waals surface area (Å²) in [5.74, 6) is -1.25. The quantitative estimate of drug-likeness (QED) is 0.673. The number of hydrogen-bond donors (Lipinski definition) is 2. The smallest absolute Gasteiger partial charge is 0.323 e. The van der Waals surface area contributed by atoms with Gasteiger partial charge in [-0.25, -0.2) is 0 Å². The number of ether oxygens (including phenoxy) is 1. The second-order valence-electron chi connectivity index (χ2n) is 3.52. The fourth-order valence-electron chi connectivity index (χ4n) is 1.41. The molecular formula is C11H16N2O4. The first kappa shape index (κ1) is 13.2. The second kappa shape index (κ2) is 6.70. The van der Waals surface area contributed by atoms with Crippen LogP contribution in [0.15, 0.2) is 18.3 Å². The van der Waals surface area contributed by atoms with E-state index < -0.39 is 5.97 Å². The van der Waals surface area contributed by atoms with Crippen molar-refractivity contribution in [2.75, 3.05) is 20.3 Å². The number of amides is 1. The molecule has 0 bridgehead atoms. The molecule has 0 aliphatic rings. The van der Waals surface area contributed by atoms with E-state index in [2.05, 4.69) is 5.32 Å². The molecule has 0 radical (unpaired) electrons. The molecule has 0 aromatic carbocycles. The summed E-state index contributed by atoms with van der Waals surface area (Å²) in [6.45, 7) is 0.870. The molecule has 0 unspecified atom stereocenters. The fraction of sp³-hybridized carbons (Fsp3) is 0.455. The molecule has 0 saturated carbocycles. The van der Waals surface area contributed by atoms with Crippen LogP contribution in [-0.2, 0) is 16.1 Å². The third kappa shape index (κ3) is 4.28. The van der Waals surface area contributed by atoms with Crippen LogP contribution in [0, 0.1) is 0 Å². The van der Waals surface area contributed by atoms with Crippen LogP contribution in [0.2, 0.25) is 0 Å². The number of carboxylic acids is 1. The highest BCUT2D eigenvalue weighted by molar-refractivity contribution is 5.93. The Hall–Kier alpha value is -1.82. The van der Waals surface area contributed by atoms with E-state index in [1.54, 1.807) is 25.4 Å². The van der Waals surface area contributed by atoms with E-state index in [1.165, 1.54) is 4.57 Å². The van der Waals surface area contributed by atoms with Gasteiger partial charge in [0.2, 0.25) is 0 Å². The lowest BCUT2D eigenvalue weighted by Crippen LogP contribution is -2.28. The number of nitrogens with one attached hydrogen (secondary N) is 1. The van der Waals surface area contributed by atoms with Crippen molar-refractivity contribution >= 4 is 11.9 Å². The van der Waals surface area contributed by atoms with Crippen LogP contribution in [0.3, 0.4) is 0 Å². The van der Waals surface area contributed by atoms with E-state index in [4.69, 9.17) is 9.84 Å². The van der Waals surface area contributed by atoms with E-state index in [9.17, 15) is 9.59 Å². The summed E-state index contributed by atoms with van der Waals surface area (Å²) in [5.41, 5.74) is 0.352. The van der Waals surface area contributed by atoms with Crippen molar-refractivity contribution in [2.45, 2.75) is 13.0 Å². The maximum atomic E-state index is 11.7. The highest BCUT2D eigenvalue weighted by atomic mass is 16.5. The van der Waals surface area contributed by atoms with Crippen LogP contribution in [0.25, 0.3) is 0 Å². The minimum atomic E-state index is -0.977. The van der Waals surface area contributed by atoms with E-state index in [1.807, 2.05) is 0 Å². The number of aromatic nitrogens is 1. The molecule has 2 N–H and O–H groups in total. The zero-order valence-electron chi connectivity index (χ0n) is 9.68. The molecule has 0 fully saturated rings. The van der Waals surface area contributed by atoms with Gasteiger partial charge in [0.25, 0.3) is 5.91 Å². The van der Waals surface area contributed by atoms with Crippen molar-refractivity contribution in [3.8, 4) is 0 Å². The van der Waals surface area contributed by atoms with Gasteiger partial charge in [0.05, 0.1) is 0 Å². The summed E-state index contributed by atoms with van der Waals surface area (Å²) in [6.07, 6.45) is 2.29. The third-order valence-electron chi connectivity index (χ3n) is 2.18. The molecular weight excluding hydrogens is 224 g/mol. The molecule has 0 atom stereocenters. The van der Waals surface area contributed by atoms with Gasteiger partial charge < -0.3 is 19.7 Å². The van der Waals surface area contributed by atoms with Crippen LogP contribution in [-0.4, -0.2) is 41.8 Å². The normalized spacial score (nSPS) is 10.2. The lowest BCUT2D eigenvalue weighted by Gasteiger charge is -2.07. The topological polar surface area (TPSA) is 80.6 Å². The van der Waals surface area contributed by atoms with Crippen molar-refractivity contribution in [1.82, 2.24) is 9.88 Å². The molecule has 1 rings (SSSR count). The molecule has 17 heavy (non-hydrogen) atoms. The van der Waals surface area contributed by atoms with Crippen LogP contribution in [0.1, 0.15) is 16.9 Å². The maximum Gasteiger partial charge on any atom is 0.323 e. The number of carboxylic acid groups (broad SMARTS) is 1. The zero-order chi connectivity index (χ0) is 12.7. The predicted molar refractivity (Wildman–Crippen MR) is 60.9 cm³/mol. The number of methoxy groups -OCH3 is 1. The Morgan fingerprint density at radius 1 is 1.53 bits per heavy atom. The Balaban J connectivity index is 2.50. The maximum absolute atomic E-state index is 11.7. The van der Waals surface area contributed by atoms with Crippen molar-refractivity contribution in [1.29, 1.82) is 0 Å². The average Bonchev–Trinajstić information content (AvgIpc) is 2.71.